The fraction of sp³-hybridized carbons (Fsp3) is 0.292. The third kappa shape index (κ3) is 4.60. The minimum absolute atomic E-state index is 0.0724. The third-order valence-electron chi connectivity index (χ3n) is 5.85. The van der Waals surface area contributed by atoms with Crippen molar-refractivity contribution in [2.45, 2.75) is 43.5 Å². The number of nitrogens with two attached hydrogens (primary N) is 1. The predicted molar refractivity (Wildman–Crippen MR) is 129 cm³/mol. The molecule has 3 aromatic rings. The fourth-order valence-corrected chi connectivity index (χ4v) is 5.46. The van der Waals surface area contributed by atoms with Gasteiger partial charge in [-0.1, -0.05) is 30.3 Å². The maximum absolute atomic E-state index is 13.7. The first-order valence-electron chi connectivity index (χ1n) is 10.9. The Bertz CT molecular complexity index is 1510. The van der Waals surface area contributed by atoms with E-state index in [1.807, 2.05) is 13.8 Å². The Balaban J connectivity index is 1.90. The third-order valence-corrected chi connectivity index (χ3v) is 7.59. The van der Waals surface area contributed by atoms with Gasteiger partial charge in [0.25, 0.3) is 0 Å². The number of hydrogen-bond acceptors (Lipinski definition) is 6. The zero-order valence-electron chi connectivity index (χ0n) is 19.8. The molecule has 3 N–H and O–H groups in total. The highest BCUT2D eigenvalue weighted by Crippen LogP contribution is 2.29. The van der Waals surface area contributed by atoms with Crippen molar-refractivity contribution in [3.8, 4) is 0 Å². The van der Waals surface area contributed by atoms with E-state index in [1.165, 1.54) is 48.0 Å². The molecule has 1 aromatic heterocycles. The summed E-state index contributed by atoms with van der Waals surface area (Å²) in [6.07, 6.45) is -4.51. The van der Waals surface area contributed by atoms with Gasteiger partial charge >= 0.3 is 17.7 Å². The number of anilines is 2. The maximum Gasteiger partial charge on any atom is 0.416 e. The van der Waals surface area contributed by atoms with Gasteiger partial charge in [0.1, 0.15) is 0 Å². The van der Waals surface area contributed by atoms with Crippen molar-refractivity contribution in [2.75, 3.05) is 11.1 Å². The van der Waals surface area contributed by atoms with Crippen molar-refractivity contribution in [3.63, 3.8) is 0 Å². The van der Waals surface area contributed by atoms with E-state index in [0.717, 1.165) is 12.1 Å². The van der Waals surface area contributed by atoms with Gasteiger partial charge in [0.2, 0.25) is 15.7 Å². The van der Waals surface area contributed by atoms with E-state index in [0.29, 0.717) is 18.1 Å². The smallest absolute Gasteiger partial charge is 0.334 e. The molecule has 8 nitrogen and oxygen atoms in total. The summed E-state index contributed by atoms with van der Waals surface area (Å²) in [5.41, 5.74) is 4.46. The topological polar surface area (TPSA) is 110 Å². The number of sulfone groups is 1. The molecule has 0 bridgehead atoms. The molecule has 1 aliphatic heterocycles. The lowest BCUT2D eigenvalue weighted by molar-refractivity contribution is -0.665. The Hall–Kier alpha value is -3.67. The molecule has 0 unspecified atom stereocenters. The van der Waals surface area contributed by atoms with Crippen LogP contribution in [0, 0.1) is 0 Å². The predicted octanol–water partition coefficient (Wildman–Crippen LogP) is 2.90. The number of rotatable bonds is 4. The highest BCUT2D eigenvalue weighted by atomic mass is 32.2. The number of nitrogen functional groups attached to an aromatic ring is 1. The minimum Gasteiger partial charge on any atom is -0.334 e. The number of aliphatic imine (C=N–C) groups is 1. The Labute approximate surface area is 205 Å². The van der Waals surface area contributed by atoms with Crippen molar-refractivity contribution >= 4 is 26.6 Å². The van der Waals surface area contributed by atoms with E-state index in [4.69, 9.17) is 5.73 Å². The van der Waals surface area contributed by atoms with Crippen molar-refractivity contribution in [3.05, 3.63) is 81.6 Å². The Morgan fingerprint density at radius 1 is 1.14 bits per heavy atom. The molecule has 1 aliphatic rings. The number of nitrogens with one attached hydrogen (secondary N) is 1. The standard InChI is InChI=1S/C24H24F3N5O3S/c1-23(2)14-32-19(28)18(21(33)31(3)22(32)30-23)20(36(34,35)17-7-5-4-6-8-17)29-13-15-9-11-16(12-10-15)24(25,26)27/h4-12H,13-14H2,1-3H3,(H2,28,29,33)/p+1. The Morgan fingerprint density at radius 3 is 2.33 bits per heavy atom. The summed E-state index contributed by atoms with van der Waals surface area (Å²) in [5, 5.41) is 2.65. The summed E-state index contributed by atoms with van der Waals surface area (Å²) >= 11 is 0. The normalized spacial score (nSPS) is 15.4. The zero-order valence-corrected chi connectivity index (χ0v) is 20.6. The average Bonchev–Trinajstić information content (AvgIpc) is 3.15. The summed E-state index contributed by atoms with van der Waals surface area (Å²) < 4.78 is 69.0. The molecule has 4 rings (SSSR count). The quantitative estimate of drug-likeness (QED) is 0.312. The summed E-state index contributed by atoms with van der Waals surface area (Å²) in [6.45, 7) is 3.90. The van der Waals surface area contributed by atoms with Gasteiger partial charge in [-0.3, -0.25) is 15.1 Å². The number of hydrogen-bond donors (Lipinski definition) is 2. The number of nitrogens with zero attached hydrogens (tertiary/aromatic N) is 3. The highest BCUT2D eigenvalue weighted by molar-refractivity contribution is 8.07. The Kier molecular flexibility index (Phi) is 6.19. The molecular formula is C24H25F3N5O3S+. The van der Waals surface area contributed by atoms with E-state index in [-0.39, 0.29) is 22.8 Å². The lowest BCUT2D eigenvalue weighted by Gasteiger charge is -2.13. The van der Waals surface area contributed by atoms with Gasteiger partial charge in [-0.15, -0.1) is 0 Å². The van der Waals surface area contributed by atoms with Gasteiger partial charge in [-0.2, -0.15) is 13.2 Å². The fourth-order valence-electron chi connectivity index (χ4n) is 4.03. The van der Waals surface area contributed by atoms with Gasteiger partial charge in [0.15, 0.2) is 10.6 Å². The second-order valence-electron chi connectivity index (χ2n) is 9.18. The molecule has 0 radical (unpaired) electrons. The van der Waals surface area contributed by atoms with E-state index in [1.54, 1.807) is 10.6 Å². The van der Waals surface area contributed by atoms with Crippen LogP contribution in [0.15, 0.2) is 69.3 Å². The van der Waals surface area contributed by atoms with Crippen LogP contribution in [0.2, 0.25) is 0 Å². The number of benzene rings is 2. The van der Waals surface area contributed by atoms with Crippen molar-refractivity contribution < 1.29 is 26.2 Å². The largest absolute Gasteiger partial charge is 0.416 e. The minimum atomic E-state index is -4.51. The molecule has 0 atom stereocenters. The van der Waals surface area contributed by atoms with Crippen LogP contribution in [0.25, 0.3) is 0 Å². The molecule has 0 aliphatic carbocycles. The molecule has 0 spiro atoms. The molecule has 36 heavy (non-hydrogen) atoms. The van der Waals surface area contributed by atoms with E-state index < -0.39 is 37.7 Å². The molecule has 12 heteroatoms. The van der Waals surface area contributed by atoms with Crippen molar-refractivity contribution in [1.29, 1.82) is 0 Å². The van der Waals surface area contributed by atoms with Crippen LogP contribution >= 0.6 is 0 Å². The summed E-state index contributed by atoms with van der Waals surface area (Å²) in [7, 11) is -2.83. The number of aromatic nitrogens is 2. The van der Waals surface area contributed by atoms with Gasteiger partial charge in [0.05, 0.1) is 36.1 Å². The molecular weight excluding hydrogens is 495 g/mol. The second-order valence-corrected chi connectivity index (χ2v) is 11.0. The monoisotopic (exact) mass is 520 g/mol. The molecule has 0 fully saturated rings. The number of halogens is 3. The SMILES string of the molecule is Cn1c2[n+](c(N)c(C(=NCc3ccc(C(F)(F)F)cc3)S(=O)(=O)c3ccccc3)c1=O)CC(C)(C)N2. The van der Waals surface area contributed by atoms with Gasteiger partial charge in [-0.25, -0.2) is 17.6 Å². The molecule has 2 heterocycles. The van der Waals surface area contributed by atoms with Crippen LogP contribution in [-0.4, -0.2) is 23.6 Å². The van der Waals surface area contributed by atoms with Gasteiger partial charge in [-0.05, 0) is 43.7 Å². The van der Waals surface area contributed by atoms with Crippen molar-refractivity contribution in [2.24, 2.45) is 12.0 Å². The lowest BCUT2D eigenvalue weighted by Crippen LogP contribution is -2.46. The first kappa shape index (κ1) is 25.4. The van der Waals surface area contributed by atoms with Gasteiger partial charge < -0.3 is 5.73 Å². The highest BCUT2D eigenvalue weighted by Gasteiger charge is 2.40. The molecule has 0 amide bonds. The average molecular weight is 521 g/mol. The van der Waals surface area contributed by atoms with Crippen LogP contribution in [0.5, 0.6) is 0 Å². The molecule has 2 aromatic carbocycles. The first-order valence-corrected chi connectivity index (χ1v) is 12.4. The second kappa shape index (κ2) is 8.77. The van der Waals surface area contributed by atoms with Crippen molar-refractivity contribution in [1.82, 2.24) is 4.57 Å². The molecule has 0 saturated carbocycles. The van der Waals surface area contributed by atoms with Crippen LogP contribution < -0.4 is 21.2 Å². The summed E-state index contributed by atoms with van der Waals surface area (Å²) in [6, 6.07) is 11.7. The van der Waals surface area contributed by atoms with Gasteiger partial charge in [0, 0.05) is 0 Å². The number of alkyl halides is 3. The Morgan fingerprint density at radius 2 is 1.75 bits per heavy atom. The van der Waals surface area contributed by atoms with E-state index in [2.05, 4.69) is 10.3 Å². The van der Waals surface area contributed by atoms with Crippen LogP contribution in [0.3, 0.4) is 0 Å². The summed E-state index contributed by atoms with van der Waals surface area (Å²) in [4.78, 5) is 17.6. The van der Waals surface area contributed by atoms with Crippen LogP contribution in [-0.2, 0) is 36.2 Å². The first-order chi connectivity index (χ1) is 16.7. The van der Waals surface area contributed by atoms with Crippen LogP contribution in [0.4, 0.5) is 24.9 Å². The lowest BCUT2D eigenvalue weighted by atomic mass is 10.1. The molecule has 190 valence electrons. The van der Waals surface area contributed by atoms with E-state index >= 15 is 0 Å². The zero-order chi connectivity index (χ0) is 26.5. The van der Waals surface area contributed by atoms with Crippen LogP contribution in [0.1, 0.15) is 30.5 Å². The van der Waals surface area contributed by atoms with E-state index in [9.17, 15) is 26.4 Å². The number of fused-ring (bicyclic) bond motifs is 1. The maximum atomic E-state index is 13.7. The summed E-state index contributed by atoms with van der Waals surface area (Å²) in [5.74, 6) is 0.349. The molecule has 0 saturated heterocycles.